The van der Waals surface area contributed by atoms with E-state index in [1.807, 2.05) is 13.2 Å². The minimum Gasteiger partial charge on any atom is -0.486 e. The standard InChI is InChI=1S/C9H17N3O/c1-3-4-8(5-10)13-9-6-11-12(2)7-9/h6-8H,3-5,10H2,1-2H3. The smallest absolute Gasteiger partial charge is 0.157 e. The molecular weight excluding hydrogens is 166 g/mol. The monoisotopic (exact) mass is 183 g/mol. The Bertz CT molecular complexity index is 247. The van der Waals surface area contributed by atoms with Gasteiger partial charge in [0.25, 0.3) is 0 Å². The Morgan fingerprint density at radius 2 is 2.46 bits per heavy atom. The lowest BCUT2D eigenvalue weighted by Gasteiger charge is -2.14. The molecule has 0 saturated carbocycles. The van der Waals surface area contributed by atoms with Crippen LogP contribution in [-0.2, 0) is 7.05 Å². The van der Waals surface area contributed by atoms with E-state index in [0.717, 1.165) is 18.6 Å². The molecule has 0 aliphatic heterocycles. The van der Waals surface area contributed by atoms with Gasteiger partial charge < -0.3 is 10.5 Å². The van der Waals surface area contributed by atoms with E-state index in [0.29, 0.717) is 6.54 Å². The summed E-state index contributed by atoms with van der Waals surface area (Å²) in [5, 5.41) is 4.01. The van der Waals surface area contributed by atoms with Crippen LogP contribution >= 0.6 is 0 Å². The van der Waals surface area contributed by atoms with Gasteiger partial charge in [-0.05, 0) is 6.42 Å². The fraction of sp³-hybridized carbons (Fsp3) is 0.667. The van der Waals surface area contributed by atoms with Crippen molar-refractivity contribution >= 4 is 0 Å². The number of nitrogens with zero attached hydrogens (tertiary/aromatic N) is 2. The second-order valence-corrected chi connectivity index (χ2v) is 3.11. The molecule has 0 aliphatic rings. The summed E-state index contributed by atoms with van der Waals surface area (Å²) >= 11 is 0. The van der Waals surface area contributed by atoms with E-state index < -0.39 is 0 Å². The molecule has 13 heavy (non-hydrogen) atoms. The van der Waals surface area contributed by atoms with Gasteiger partial charge in [-0.1, -0.05) is 13.3 Å². The molecular formula is C9H17N3O. The Labute approximate surface area is 78.7 Å². The number of aromatic nitrogens is 2. The van der Waals surface area contributed by atoms with Gasteiger partial charge in [-0.15, -0.1) is 0 Å². The molecule has 1 aromatic rings. The van der Waals surface area contributed by atoms with Gasteiger partial charge in [-0.2, -0.15) is 5.10 Å². The van der Waals surface area contributed by atoms with Crippen molar-refractivity contribution in [1.82, 2.24) is 9.78 Å². The van der Waals surface area contributed by atoms with Crippen LogP contribution in [0.25, 0.3) is 0 Å². The van der Waals surface area contributed by atoms with Gasteiger partial charge in [-0.25, -0.2) is 0 Å². The molecule has 0 fully saturated rings. The first-order valence-electron chi connectivity index (χ1n) is 4.61. The third-order valence-corrected chi connectivity index (χ3v) is 1.86. The second-order valence-electron chi connectivity index (χ2n) is 3.11. The molecule has 74 valence electrons. The van der Waals surface area contributed by atoms with Crippen molar-refractivity contribution < 1.29 is 4.74 Å². The number of aryl methyl sites for hydroxylation is 1. The summed E-state index contributed by atoms with van der Waals surface area (Å²) in [6.45, 7) is 2.68. The van der Waals surface area contributed by atoms with Crippen molar-refractivity contribution in [3.8, 4) is 5.75 Å². The summed E-state index contributed by atoms with van der Waals surface area (Å²) in [6.07, 6.45) is 5.75. The van der Waals surface area contributed by atoms with Gasteiger partial charge in [0, 0.05) is 13.6 Å². The van der Waals surface area contributed by atoms with Crippen molar-refractivity contribution in [2.75, 3.05) is 6.54 Å². The molecule has 0 aliphatic carbocycles. The van der Waals surface area contributed by atoms with E-state index in [9.17, 15) is 0 Å². The summed E-state index contributed by atoms with van der Waals surface area (Å²) in [6, 6.07) is 0. The molecule has 1 unspecified atom stereocenters. The van der Waals surface area contributed by atoms with Crippen LogP contribution in [0.15, 0.2) is 12.4 Å². The summed E-state index contributed by atoms with van der Waals surface area (Å²) in [7, 11) is 1.87. The average molecular weight is 183 g/mol. The van der Waals surface area contributed by atoms with Crippen LogP contribution in [0, 0.1) is 0 Å². The molecule has 0 spiro atoms. The van der Waals surface area contributed by atoms with Gasteiger partial charge in [0.05, 0.1) is 12.4 Å². The summed E-state index contributed by atoms with van der Waals surface area (Å²) in [5.74, 6) is 0.798. The Morgan fingerprint density at radius 3 is 2.92 bits per heavy atom. The summed E-state index contributed by atoms with van der Waals surface area (Å²) < 4.78 is 7.33. The molecule has 4 nitrogen and oxygen atoms in total. The van der Waals surface area contributed by atoms with Crippen LogP contribution in [0.1, 0.15) is 19.8 Å². The molecule has 0 bridgehead atoms. The van der Waals surface area contributed by atoms with Crippen molar-refractivity contribution in [1.29, 1.82) is 0 Å². The van der Waals surface area contributed by atoms with Gasteiger partial charge in [0.2, 0.25) is 0 Å². The molecule has 4 heteroatoms. The maximum Gasteiger partial charge on any atom is 0.157 e. The number of ether oxygens (including phenoxy) is 1. The maximum atomic E-state index is 5.62. The fourth-order valence-corrected chi connectivity index (χ4v) is 1.20. The number of rotatable bonds is 5. The lowest BCUT2D eigenvalue weighted by atomic mass is 10.2. The quantitative estimate of drug-likeness (QED) is 0.738. The van der Waals surface area contributed by atoms with Crippen molar-refractivity contribution in [3.63, 3.8) is 0 Å². The molecule has 2 N–H and O–H groups in total. The Hall–Kier alpha value is -1.03. The first-order chi connectivity index (χ1) is 6.26. The first-order valence-corrected chi connectivity index (χ1v) is 4.61. The van der Waals surface area contributed by atoms with Crippen molar-refractivity contribution in [2.45, 2.75) is 25.9 Å². The highest BCUT2D eigenvalue weighted by Crippen LogP contribution is 2.11. The molecule has 1 rings (SSSR count). The third-order valence-electron chi connectivity index (χ3n) is 1.86. The van der Waals surface area contributed by atoms with Crippen LogP contribution in [-0.4, -0.2) is 22.4 Å². The lowest BCUT2D eigenvalue weighted by molar-refractivity contribution is 0.198. The molecule has 0 saturated heterocycles. The molecule has 0 amide bonds. The first kappa shape index (κ1) is 10.1. The highest BCUT2D eigenvalue weighted by molar-refractivity contribution is 5.11. The van der Waals surface area contributed by atoms with E-state index in [1.165, 1.54) is 0 Å². The largest absolute Gasteiger partial charge is 0.486 e. The topological polar surface area (TPSA) is 53.1 Å². The lowest BCUT2D eigenvalue weighted by Crippen LogP contribution is -2.26. The molecule has 1 heterocycles. The third kappa shape index (κ3) is 3.06. The van der Waals surface area contributed by atoms with Crippen LogP contribution in [0.5, 0.6) is 5.75 Å². The normalized spacial score (nSPS) is 12.8. The minimum atomic E-state index is 0.120. The van der Waals surface area contributed by atoms with E-state index in [4.69, 9.17) is 10.5 Å². The fourth-order valence-electron chi connectivity index (χ4n) is 1.20. The van der Waals surface area contributed by atoms with Crippen LogP contribution in [0.4, 0.5) is 0 Å². The van der Waals surface area contributed by atoms with Crippen LogP contribution in [0.3, 0.4) is 0 Å². The molecule has 0 aromatic carbocycles. The Kier molecular flexibility index (Phi) is 3.76. The second kappa shape index (κ2) is 4.87. The highest BCUT2D eigenvalue weighted by atomic mass is 16.5. The predicted molar refractivity (Wildman–Crippen MR) is 51.6 cm³/mol. The van der Waals surface area contributed by atoms with Crippen LogP contribution < -0.4 is 10.5 Å². The zero-order valence-electron chi connectivity index (χ0n) is 8.23. The van der Waals surface area contributed by atoms with Gasteiger partial charge in [-0.3, -0.25) is 4.68 Å². The molecule has 1 aromatic heterocycles. The average Bonchev–Trinajstić information content (AvgIpc) is 2.50. The number of hydrogen-bond donors (Lipinski definition) is 1. The number of nitrogens with two attached hydrogens (primary N) is 1. The van der Waals surface area contributed by atoms with Crippen molar-refractivity contribution in [3.05, 3.63) is 12.4 Å². The van der Waals surface area contributed by atoms with E-state index in [-0.39, 0.29) is 6.10 Å². The van der Waals surface area contributed by atoms with E-state index in [1.54, 1.807) is 10.9 Å². The molecule has 0 radical (unpaired) electrons. The van der Waals surface area contributed by atoms with E-state index >= 15 is 0 Å². The maximum absolute atomic E-state index is 5.62. The van der Waals surface area contributed by atoms with Gasteiger partial charge in [0.15, 0.2) is 5.75 Å². The van der Waals surface area contributed by atoms with Crippen LogP contribution in [0.2, 0.25) is 0 Å². The molecule has 1 atom stereocenters. The van der Waals surface area contributed by atoms with Gasteiger partial charge >= 0.3 is 0 Å². The summed E-state index contributed by atoms with van der Waals surface area (Å²) in [5.41, 5.74) is 5.56. The highest BCUT2D eigenvalue weighted by Gasteiger charge is 2.07. The van der Waals surface area contributed by atoms with Crippen molar-refractivity contribution in [2.24, 2.45) is 12.8 Å². The Morgan fingerprint density at radius 1 is 1.69 bits per heavy atom. The zero-order chi connectivity index (χ0) is 9.68. The van der Waals surface area contributed by atoms with Gasteiger partial charge in [0.1, 0.15) is 6.10 Å². The SMILES string of the molecule is CCCC(CN)Oc1cnn(C)c1. The number of hydrogen-bond acceptors (Lipinski definition) is 3. The predicted octanol–water partition coefficient (Wildman–Crippen LogP) is 0.926. The minimum absolute atomic E-state index is 0.120. The zero-order valence-corrected chi connectivity index (χ0v) is 8.23. The summed E-state index contributed by atoms with van der Waals surface area (Å²) in [4.78, 5) is 0. The Balaban J connectivity index is 2.46. The van der Waals surface area contributed by atoms with E-state index in [2.05, 4.69) is 12.0 Å².